The van der Waals surface area contributed by atoms with Crippen molar-refractivity contribution in [1.29, 1.82) is 0 Å². The van der Waals surface area contributed by atoms with Crippen LogP contribution in [0.1, 0.15) is 0 Å². The molecule has 0 spiro atoms. The predicted molar refractivity (Wildman–Crippen MR) is 267 cm³/mol. The highest BCUT2D eigenvalue weighted by atomic mass is 15.1. The molecule has 1 aromatic heterocycles. The Morgan fingerprint density at radius 3 is 1.14 bits per heavy atom. The molecule has 0 fully saturated rings. The van der Waals surface area contributed by atoms with Gasteiger partial charge < -0.3 is 14.4 Å². The predicted octanol–water partition coefficient (Wildman–Crippen LogP) is 16.8. The van der Waals surface area contributed by atoms with Gasteiger partial charge in [0.05, 0.1) is 11.2 Å². The summed E-state index contributed by atoms with van der Waals surface area (Å²) < 4.78 is 2.48. The minimum atomic E-state index is 1.09. The molecule has 3 heteroatoms. The summed E-state index contributed by atoms with van der Waals surface area (Å²) in [7, 11) is 0. The average molecular weight is 804 g/mol. The smallest absolute Gasteiger partial charge is 0.0620 e. The second kappa shape index (κ2) is 15.3. The van der Waals surface area contributed by atoms with E-state index < -0.39 is 0 Å². The van der Waals surface area contributed by atoms with Crippen LogP contribution in [0.4, 0.5) is 34.1 Å². The fourth-order valence-electron chi connectivity index (χ4n) is 9.63. The van der Waals surface area contributed by atoms with E-state index in [1.165, 1.54) is 60.0 Å². The first-order valence-electron chi connectivity index (χ1n) is 21.6. The van der Waals surface area contributed by atoms with Crippen molar-refractivity contribution in [3.05, 3.63) is 249 Å². The third kappa shape index (κ3) is 6.29. The number of fused-ring (bicyclic) bond motifs is 3. The van der Waals surface area contributed by atoms with Crippen LogP contribution in [-0.2, 0) is 0 Å². The molecular formula is C60H41N3. The summed E-state index contributed by atoms with van der Waals surface area (Å²) in [6.07, 6.45) is 0. The molecule has 0 atom stereocenters. The van der Waals surface area contributed by atoms with Crippen molar-refractivity contribution < 1.29 is 0 Å². The summed E-state index contributed by atoms with van der Waals surface area (Å²) in [6, 6.07) is 89.9. The molecule has 0 radical (unpaired) electrons. The SMILES string of the molecule is c1ccc(-c2cc3c4cccc5ccc6cccc(c6c54)c3n2-c2ccc(N(c3ccccc3)c3ccc(-c4ccc(N(c5ccccc5)c5ccccc5)cc4)cc3)cc2)cc1. The molecule has 0 saturated carbocycles. The lowest BCUT2D eigenvalue weighted by Crippen LogP contribution is -2.10. The molecule has 12 rings (SSSR count). The van der Waals surface area contributed by atoms with Crippen molar-refractivity contribution in [2.45, 2.75) is 0 Å². The molecule has 0 aliphatic rings. The minimum absolute atomic E-state index is 1.09. The Bertz CT molecular complexity index is 3470. The van der Waals surface area contributed by atoms with E-state index in [4.69, 9.17) is 0 Å². The van der Waals surface area contributed by atoms with Crippen LogP contribution >= 0.6 is 0 Å². The van der Waals surface area contributed by atoms with E-state index in [0.29, 0.717) is 0 Å². The Balaban J connectivity index is 0.934. The summed E-state index contributed by atoms with van der Waals surface area (Å²) >= 11 is 0. The normalized spacial score (nSPS) is 11.5. The second-order valence-corrected chi connectivity index (χ2v) is 16.2. The highest BCUT2D eigenvalue weighted by Gasteiger charge is 2.21. The Hall–Kier alpha value is -8.40. The van der Waals surface area contributed by atoms with Crippen LogP contribution in [0.2, 0.25) is 0 Å². The molecule has 0 aliphatic carbocycles. The lowest BCUT2D eigenvalue weighted by atomic mass is 9.92. The van der Waals surface area contributed by atoms with Gasteiger partial charge in [0.15, 0.2) is 0 Å². The summed E-state index contributed by atoms with van der Waals surface area (Å²) in [4.78, 5) is 4.64. The number of anilines is 6. The number of hydrogen-bond donors (Lipinski definition) is 0. The van der Waals surface area contributed by atoms with Crippen molar-refractivity contribution in [2.75, 3.05) is 9.80 Å². The Labute approximate surface area is 366 Å². The van der Waals surface area contributed by atoms with Crippen LogP contribution in [0, 0.1) is 0 Å². The maximum Gasteiger partial charge on any atom is 0.0620 e. The maximum absolute atomic E-state index is 2.48. The van der Waals surface area contributed by atoms with E-state index in [1.54, 1.807) is 0 Å². The molecule has 3 nitrogen and oxygen atoms in total. The van der Waals surface area contributed by atoms with Crippen LogP contribution in [0.15, 0.2) is 249 Å². The highest BCUT2D eigenvalue weighted by molar-refractivity contribution is 6.33. The van der Waals surface area contributed by atoms with Crippen LogP contribution in [-0.4, -0.2) is 4.57 Å². The lowest BCUT2D eigenvalue weighted by molar-refractivity contribution is 1.14. The zero-order valence-corrected chi connectivity index (χ0v) is 34.5. The summed E-state index contributed by atoms with van der Waals surface area (Å²) in [6.45, 7) is 0. The van der Waals surface area contributed by atoms with Crippen molar-refractivity contribution >= 4 is 77.3 Å². The number of benzene rings is 11. The third-order valence-corrected chi connectivity index (χ3v) is 12.5. The molecule has 0 bridgehead atoms. The van der Waals surface area contributed by atoms with Gasteiger partial charge in [-0.05, 0) is 135 Å². The van der Waals surface area contributed by atoms with Gasteiger partial charge in [-0.1, -0.05) is 158 Å². The molecule has 1 heterocycles. The zero-order valence-electron chi connectivity index (χ0n) is 34.5. The van der Waals surface area contributed by atoms with Crippen molar-refractivity contribution in [3.8, 4) is 28.1 Å². The van der Waals surface area contributed by atoms with E-state index in [2.05, 4.69) is 263 Å². The standard InChI is InChI=1S/C60H41N3/c1-5-15-44(16-6-1)57-41-56-54-25-13-17-45-27-28-46-18-14-26-55(59(46)58(45)54)60(56)63(57)53-39-37-52(38-40-53)62(49-23-11-4-12-24-49)51-35-31-43(32-36-51)42-29-33-50(34-30-42)61(47-19-7-2-8-20-47)48-21-9-3-10-22-48/h1-41H. The average Bonchev–Trinajstić information content (AvgIpc) is 3.77. The van der Waals surface area contributed by atoms with Gasteiger partial charge in [0.1, 0.15) is 0 Å². The van der Waals surface area contributed by atoms with E-state index in [0.717, 1.165) is 45.4 Å². The maximum atomic E-state index is 2.48. The number of nitrogens with zero attached hydrogens (tertiary/aromatic N) is 3. The van der Waals surface area contributed by atoms with Crippen LogP contribution < -0.4 is 9.80 Å². The van der Waals surface area contributed by atoms with Gasteiger partial charge in [0.25, 0.3) is 0 Å². The van der Waals surface area contributed by atoms with Gasteiger partial charge in [-0.3, -0.25) is 0 Å². The molecule has 0 amide bonds. The third-order valence-electron chi connectivity index (χ3n) is 12.5. The van der Waals surface area contributed by atoms with E-state index in [-0.39, 0.29) is 0 Å². The fourth-order valence-corrected chi connectivity index (χ4v) is 9.63. The van der Waals surface area contributed by atoms with Gasteiger partial charge in [-0.15, -0.1) is 0 Å². The monoisotopic (exact) mass is 803 g/mol. The topological polar surface area (TPSA) is 11.4 Å². The molecule has 63 heavy (non-hydrogen) atoms. The van der Waals surface area contributed by atoms with E-state index in [9.17, 15) is 0 Å². The van der Waals surface area contributed by atoms with Gasteiger partial charge in [-0.25, -0.2) is 0 Å². The molecule has 0 N–H and O–H groups in total. The van der Waals surface area contributed by atoms with E-state index in [1.807, 2.05) is 0 Å². The molecule has 0 unspecified atom stereocenters. The lowest BCUT2D eigenvalue weighted by Gasteiger charge is -2.26. The number of rotatable bonds is 9. The van der Waals surface area contributed by atoms with Crippen molar-refractivity contribution in [3.63, 3.8) is 0 Å². The Morgan fingerprint density at radius 1 is 0.270 bits per heavy atom. The van der Waals surface area contributed by atoms with E-state index >= 15 is 0 Å². The molecule has 11 aromatic carbocycles. The molecule has 12 aromatic rings. The fraction of sp³-hybridized carbons (Fsp3) is 0. The molecule has 0 aliphatic heterocycles. The molecular weight excluding hydrogens is 763 g/mol. The van der Waals surface area contributed by atoms with Gasteiger partial charge in [0.2, 0.25) is 0 Å². The van der Waals surface area contributed by atoms with Gasteiger partial charge >= 0.3 is 0 Å². The largest absolute Gasteiger partial charge is 0.311 e. The van der Waals surface area contributed by atoms with Crippen LogP contribution in [0.25, 0.3) is 71.3 Å². The summed E-state index contributed by atoms with van der Waals surface area (Å²) in [5, 5.41) is 9.02. The second-order valence-electron chi connectivity index (χ2n) is 16.2. The number of aromatic nitrogens is 1. The van der Waals surface area contributed by atoms with Crippen LogP contribution in [0.5, 0.6) is 0 Å². The number of para-hydroxylation sites is 3. The molecule has 0 saturated heterocycles. The quantitative estimate of drug-likeness (QED) is 0.135. The summed E-state index contributed by atoms with van der Waals surface area (Å²) in [5.74, 6) is 0. The van der Waals surface area contributed by atoms with Gasteiger partial charge in [0, 0.05) is 50.6 Å². The Kier molecular flexibility index (Phi) is 8.83. The Morgan fingerprint density at radius 2 is 0.667 bits per heavy atom. The van der Waals surface area contributed by atoms with Crippen molar-refractivity contribution in [1.82, 2.24) is 4.57 Å². The first kappa shape index (κ1) is 36.5. The first-order valence-corrected chi connectivity index (χ1v) is 21.6. The highest BCUT2D eigenvalue weighted by Crippen LogP contribution is 2.45. The first-order chi connectivity index (χ1) is 31.3. The molecule has 296 valence electrons. The van der Waals surface area contributed by atoms with Gasteiger partial charge in [-0.2, -0.15) is 0 Å². The number of hydrogen-bond acceptors (Lipinski definition) is 2. The van der Waals surface area contributed by atoms with Crippen molar-refractivity contribution in [2.24, 2.45) is 0 Å². The zero-order chi connectivity index (χ0) is 41.7. The summed E-state index contributed by atoms with van der Waals surface area (Å²) in [5.41, 5.74) is 13.7. The minimum Gasteiger partial charge on any atom is -0.311 e. The van der Waals surface area contributed by atoms with Crippen LogP contribution in [0.3, 0.4) is 0 Å².